The van der Waals surface area contributed by atoms with E-state index in [1.807, 2.05) is 13.0 Å². The Hall–Kier alpha value is -5.15. The smallest absolute Gasteiger partial charge is 0.272 e. The van der Waals surface area contributed by atoms with Gasteiger partial charge >= 0.3 is 0 Å². The number of imide groups is 1. The predicted molar refractivity (Wildman–Crippen MR) is 157 cm³/mol. The number of nitrogens with zero attached hydrogens (tertiary/aromatic N) is 6. The molecule has 4 rings (SSSR count). The third-order valence-electron chi connectivity index (χ3n) is 6.61. The Morgan fingerprint density at radius 2 is 1.79 bits per heavy atom. The van der Waals surface area contributed by atoms with Crippen molar-refractivity contribution in [1.82, 2.24) is 4.90 Å². The predicted octanol–water partition coefficient (Wildman–Crippen LogP) is 6.40. The lowest BCUT2D eigenvalue weighted by Gasteiger charge is -2.24. The molecule has 1 N–H and O–H groups in total. The lowest BCUT2D eigenvalue weighted by atomic mass is 10.1. The molecule has 3 amide bonds. The van der Waals surface area contributed by atoms with E-state index < -0.39 is 4.92 Å². The highest BCUT2D eigenvalue weighted by atomic mass is 35.5. The van der Waals surface area contributed by atoms with Crippen LogP contribution in [0.3, 0.4) is 0 Å². The molecular formula is C29H26ClN7O5. The Kier molecular flexibility index (Phi) is 9.24. The molecule has 1 aliphatic heterocycles. The van der Waals surface area contributed by atoms with Crippen LogP contribution >= 0.6 is 11.6 Å². The van der Waals surface area contributed by atoms with Gasteiger partial charge in [-0.3, -0.25) is 29.4 Å². The van der Waals surface area contributed by atoms with Crippen molar-refractivity contribution >= 4 is 57.8 Å². The Bertz CT molecular complexity index is 1610. The molecule has 0 spiro atoms. The Labute approximate surface area is 246 Å². The minimum absolute atomic E-state index is 0.0316. The summed E-state index contributed by atoms with van der Waals surface area (Å²) in [4.78, 5) is 50.9. The number of benzene rings is 3. The second-order valence-corrected chi connectivity index (χ2v) is 9.78. The molecule has 12 nitrogen and oxygen atoms in total. The number of carbonyl (C=O) groups is 3. The quantitative estimate of drug-likeness (QED) is 0.0892. The van der Waals surface area contributed by atoms with Gasteiger partial charge in [0.2, 0.25) is 5.91 Å². The number of halogens is 1. The van der Waals surface area contributed by atoms with Crippen molar-refractivity contribution in [1.29, 1.82) is 5.26 Å². The zero-order valence-electron chi connectivity index (χ0n) is 22.8. The Morgan fingerprint density at radius 3 is 2.38 bits per heavy atom. The van der Waals surface area contributed by atoms with Gasteiger partial charge in [0.1, 0.15) is 17.4 Å². The van der Waals surface area contributed by atoms with Crippen molar-refractivity contribution in [3.8, 4) is 6.07 Å². The highest BCUT2D eigenvalue weighted by molar-refractivity contribution is 6.33. The van der Waals surface area contributed by atoms with Crippen LogP contribution in [0.4, 0.5) is 28.4 Å². The summed E-state index contributed by atoms with van der Waals surface area (Å²) in [7, 11) is 0. The minimum atomic E-state index is -0.661. The first-order valence-electron chi connectivity index (χ1n) is 13.1. The molecule has 1 aliphatic rings. The van der Waals surface area contributed by atoms with Crippen LogP contribution < -0.4 is 10.2 Å². The molecule has 3 aromatic carbocycles. The van der Waals surface area contributed by atoms with Gasteiger partial charge in [-0.1, -0.05) is 23.7 Å². The fraction of sp³-hybridized carbons (Fsp3) is 0.241. The van der Waals surface area contributed by atoms with Crippen LogP contribution in [0.1, 0.15) is 53.0 Å². The van der Waals surface area contributed by atoms with Crippen LogP contribution in [-0.4, -0.2) is 47.2 Å². The maximum atomic E-state index is 12.6. The van der Waals surface area contributed by atoms with Gasteiger partial charge in [0.05, 0.1) is 32.3 Å². The summed E-state index contributed by atoms with van der Waals surface area (Å²) in [5.74, 6) is -0.882. The van der Waals surface area contributed by atoms with Crippen molar-refractivity contribution in [2.45, 2.75) is 26.7 Å². The first kappa shape index (κ1) is 29.8. The minimum Gasteiger partial charge on any atom is -0.372 e. The number of carbonyl (C=O) groups excluding carboxylic acids is 3. The molecule has 13 heteroatoms. The highest BCUT2D eigenvalue weighted by Gasteiger charge is 2.34. The van der Waals surface area contributed by atoms with Gasteiger partial charge in [-0.15, -0.1) is 10.2 Å². The van der Waals surface area contributed by atoms with E-state index in [0.717, 1.165) is 17.8 Å². The molecule has 0 bridgehead atoms. The number of nitriles is 1. The summed E-state index contributed by atoms with van der Waals surface area (Å²) in [6, 6.07) is 16.0. The number of anilines is 2. The number of nitro groups is 1. The van der Waals surface area contributed by atoms with E-state index in [-0.39, 0.29) is 45.4 Å². The number of amides is 3. The zero-order valence-corrected chi connectivity index (χ0v) is 23.6. The summed E-state index contributed by atoms with van der Waals surface area (Å²) in [5, 5.41) is 31.4. The van der Waals surface area contributed by atoms with Gasteiger partial charge in [0, 0.05) is 44.4 Å². The molecule has 0 unspecified atom stereocenters. The molecule has 214 valence electrons. The lowest BCUT2D eigenvalue weighted by molar-refractivity contribution is -0.384. The molecule has 3 aromatic rings. The maximum Gasteiger partial charge on any atom is 0.272 e. The van der Waals surface area contributed by atoms with Gasteiger partial charge in [-0.05, 0) is 50.1 Å². The first-order valence-corrected chi connectivity index (χ1v) is 13.4. The largest absolute Gasteiger partial charge is 0.372 e. The summed E-state index contributed by atoms with van der Waals surface area (Å²) in [6.45, 7) is 4.93. The van der Waals surface area contributed by atoms with Crippen molar-refractivity contribution in [2.24, 2.45) is 10.2 Å². The molecule has 1 heterocycles. The molecule has 0 aromatic heterocycles. The van der Waals surface area contributed by atoms with Crippen LogP contribution in [0, 0.1) is 21.4 Å². The van der Waals surface area contributed by atoms with Crippen LogP contribution in [0.2, 0.25) is 5.02 Å². The van der Waals surface area contributed by atoms with Gasteiger partial charge in [0.25, 0.3) is 17.5 Å². The van der Waals surface area contributed by atoms with E-state index in [2.05, 4.69) is 20.4 Å². The monoisotopic (exact) mass is 587 g/mol. The number of fused-ring (bicyclic) bond motifs is 1. The lowest BCUT2D eigenvalue weighted by Crippen LogP contribution is -2.31. The Balaban J connectivity index is 1.47. The van der Waals surface area contributed by atoms with E-state index in [9.17, 15) is 29.8 Å². The van der Waals surface area contributed by atoms with E-state index in [1.54, 1.807) is 42.5 Å². The number of nitro benzene ring substituents is 1. The third kappa shape index (κ3) is 6.42. The number of azo groups is 1. The third-order valence-corrected chi connectivity index (χ3v) is 6.90. The summed E-state index contributed by atoms with van der Waals surface area (Å²) >= 11 is 6.15. The summed E-state index contributed by atoms with van der Waals surface area (Å²) in [6.07, 6.45) is 1.32. The highest BCUT2D eigenvalue weighted by Crippen LogP contribution is 2.37. The zero-order chi connectivity index (χ0) is 30.4. The van der Waals surface area contributed by atoms with E-state index in [1.165, 1.54) is 11.8 Å². The number of hydrogen-bond donors (Lipinski definition) is 1. The molecule has 0 fully saturated rings. The topological polar surface area (TPSA) is 161 Å². The molecule has 0 saturated carbocycles. The molecule has 0 aliphatic carbocycles. The SMILES string of the molecule is CCN(CCCCN1C(=O)c2ccccc2C1=O)c1ccc(N=Nc2c(Cl)cc([N+](=O)[O-])cc2C#N)c(NC(C)=O)c1. The number of unbranched alkanes of at least 4 members (excludes halogenated alkanes) is 1. The maximum absolute atomic E-state index is 12.6. The van der Waals surface area contributed by atoms with E-state index in [0.29, 0.717) is 49.3 Å². The summed E-state index contributed by atoms with van der Waals surface area (Å²) < 4.78 is 0. The van der Waals surface area contributed by atoms with Gasteiger partial charge in [-0.2, -0.15) is 5.26 Å². The van der Waals surface area contributed by atoms with Gasteiger partial charge in [0.15, 0.2) is 0 Å². The summed E-state index contributed by atoms with van der Waals surface area (Å²) in [5.41, 5.74) is 1.82. The van der Waals surface area contributed by atoms with Crippen molar-refractivity contribution < 1.29 is 19.3 Å². The fourth-order valence-electron chi connectivity index (χ4n) is 4.56. The van der Waals surface area contributed by atoms with Crippen LogP contribution in [0.25, 0.3) is 0 Å². The number of nitrogens with one attached hydrogen (secondary N) is 1. The average molecular weight is 588 g/mol. The molecule has 0 saturated heterocycles. The molecule has 0 radical (unpaired) electrons. The standard InChI is InChI=1S/C29H26ClN7O5/c1-3-35(12-6-7-13-36-28(39)22-8-4-5-9-23(22)29(36)40)20-10-11-25(26(16-20)32-18(2)38)33-34-27-19(17-31)14-21(37(41)42)15-24(27)30/h4-5,8-11,14-16H,3,6-7,12-13H2,1-2H3,(H,32,38). The number of non-ortho nitro benzene ring substituents is 1. The van der Waals surface area contributed by atoms with Gasteiger partial charge in [-0.25, -0.2) is 0 Å². The average Bonchev–Trinajstić information content (AvgIpc) is 3.21. The second-order valence-electron chi connectivity index (χ2n) is 9.37. The molecular weight excluding hydrogens is 562 g/mol. The van der Waals surface area contributed by atoms with Crippen LogP contribution in [0.15, 0.2) is 64.8 Å². The fourth-order valence-corrected chi connectivity index (χ4v) is 4.81. The normalized spacial score (nSPS) is 12.4. The molecule has 0 atom stereocenters. The first-order chi connectivity index (χ1) is 20.1. The van der Waals surface area contributed by atoms with E-state index in [4.69, 9.17) is 11.6 Å². The van der Waals surface area contributed by atoms with Crippen LogP contribution in [0.5, 0.6) is 0 Å². The van der Waals surface area contributed by atoms with Crippen molar-refractivity contribution in [3.05, 3.63) is 86.4 Å². The molecule has 42 heavy (non-hydrogen) atoms. The van der Waals surface area contributed by atoms with E-state index >= 15 is 0 Å². The number of hydrogen-bond acceptors (Lipinski definition) is 9. The van der Waals surface area contributed by atoms with Gasteiger partial charge < -0.3 is 10.2 Å². The number of rotatable bonds is 11. The second kappa shape index (κ2) is 13.0. The van der Waals surface area contributed by atoms with Crippen molar-refractivity contribution in [2.75, 3.05) is 29.9 Å². The Morgan fingerprint density at radius 1 is 1.10 bits per heavy atom. The van der Waals surface area contributed by atoms with Crippen LogP contribution in [-0.2, 0) is 4.79 Å². The van der Waals surface area contributed by atoms with Crippen molar-refractivity contribution in [3.63, 3.8) is 0 Å².